The number of carbonyl (C=O) groups excluding carboxylic acids is 1. The molecule has 0 heterocycles. The molecule has 1 aliphatic rings. The predicted octanol–water partition coefficient (Wildman–Crippen LogP) is 2.53. The number of rotatable bonds is 4. The molecule has 0 bridgehead atoms. The number of aliphatic carboxylic acids is 1. The van der Waals surface area contributed by atoms with Crippen molar-refractivity contribution in [1.29, 1.82) is 0 Å². The molecule has 2 N–H and O–H groups in total. The zero-order chi connectivity index (χ0) is 14.0. The van der Waals surface area contributed by atoms with E-state index in [-0.39, 0.29) is 6.04 Å². The van der Waals surface area contributed by atoms with E-state index in [4.69, 9.17) is 5.11 Å². The summed E-state index contributed by atoms with van der Waals surface area (Å²) in [6.07, 6.45) is 1.74. The molecule has 1 aromatic rings. The molecule has 1 unspecified atom stereocenters. The molecular formula is C14H16BrNO3. The van der Waals surface area contributed by atoms with E-state index in [1.807, 2.05) is 12.1 Å². The lowest BCUT2D eigenvalue weighted by Crippen LogP contribution is -2.46. The Kier molecular flexibility index (Phi) is 4.24. The lowest BCUT2D eigenvalue weighted by Gasteiger charge is -2.36. The lowest BCUT2D eigenvalue weighted by molar-refractivity contribution is -0.146. The van der Waals surface area contributed by atoms with E-state index in [0.717, 1.165) is 17.3 Å². The highest BCUT2D eigenvalue weighted by molar-refractivity contribution is 9.10. The number of amides is 1. The van der Waals surface area contributed by atoms with Gasteiger partial charge in [0.15, 0.2) is 0 Å². The van der Waals surface area contributed by atoms with Gasteiger partial charge < -0.3 is 10.4 Å². The summed E-state index contributed by atoms with van der Waals surface area (Å²) >= 11 is 3.44. The van der Waals surface area contributed by atoms with E-state index >= 15 is 0 Å². The molecule has 1 fully saturated rings. The van der Waals surface area contributed by atoms with Crippen LogP contribution in [-0.4, -0.2) is 23.0 Å². The van der Waals surface area contributed by atoms with Crippen LogP contribution in [0.3, 0.4) is 0 Å². The molecule has 1 aliphatic carbocycles. The number of halogens is 1. The van der Waals surface area contributed by atoms with Crippen molar-refractivity contribution >= 4 is 27.8 Å². The Hall–Kier alpha value is -1.36. The van der Waals surface area contributed by atoms with Crippen molar-refractivity contribution in [2.45, 2.75) is 31.7 Å². The maximum Gasteiger partial charge on any atom is 0.315 e. The van der Waals surface area contributed by atoms with Crippen LogP contribution >= 0.6 is 15.9 Å². The first-order valence-corrected chi connectivity index (χ1v) is 7.05. The van der Waals surface area contributed by atoms with Crippen LogP contribution in [0.1, 0.15) is 31.2 Å². The van der Waals surface area contributed by atoms with Crippen molar-refractivity contribution in [3.05, 3.63) is 34.3 Å². The van der Waals surface area contributed by atoms with Crippen molar-refractivity contribution in [3.8, 4) is 0 Å². The van der Waals surface area contributed by atoms with E-state index in [9.17, 15) is 9.59 Å². The van der Waals surface area contributed by atoms with Gasteiger partial charge in [-0.1, -0.05) is 28.1 Å². The van der Waals surface area contributed by atoms with Crippen LogP contribution in [0.5, 0.6) is 0 Å². The number of carboxylic acids is 1. The van der Waals surface area contributed by atoms with Gasteiger partial charge >= 0.3 is 5.97 Å². The molecule has 1 atom stereocenters. The fourth-order valence-corrected chi connectivity index (χ4v) is 2.62. The summed E-state index contributed by atoms with van der Waals surface area (Å²) in [6, 6.07) is 8.24. The van der Waals surface area contributed by atoms with Crippen molar-refractivity contribution in [2.24, 2.45) is 5.92 Å². The minimum Gasteiger partial charge on any atom is -0.481 e. The summed E-state index contributed by atoms with van der Waals surface area (Å²) in [4.78, 5) is 22.3. The van der Waals surface area contributed by atoms with Gasteiger partial charge in [-0.2, -0.15) is 0 Å². The molecule has 102 valence electrons. The molecule has 19 heavy (non-hydrogen) atoms. The summed E-state index contributed by atoms with van der Waals surface area (Å²) in [5.74, 6) is -2.02. The molecule has 0 saturated heterocycles. The molecule has 1 saturated carbocycles. The van der Waals surface area contributed by atoms with Crippen molar-refractivity contribution in [1.82, 2.24) is 5.32 Å². The molecule has 0 spiro atoms. The van der Waals surface area contributed by atoms with Gasteiger partial charge in [-0.25, -0.2) is 0 Å². The number of carboxylic acid groups (broad SMARTS) is 1. The van der Waals surface area contributed by atoms with Gasteiger partial charge in [0.05, 0.1) is 0 Å². The second kappa shape index (κ2) is 5.74. The lowest BCUT2D eigenvalue weighted by atomic mass is 9.76. The number of nitrogens with one attached hydrogen (secondary N) is 1. The van der Waals surface area contributed by atoms with Gasteiger partial charge in [0.2, 0.25) is 5.91 Å². The maximum absolute atomic E-state index is 11.6. The average Bonchev–Trinajstić information content (AvgIpc) is 2.31. The molecule has 0 radical (unpaired) electrons. The molecule has 1 aromatic carbocycles. The first-order valence-electron chi connectivity index (χ1n) is 6.26. The minimum atomic E-state index is -1.08. The van der Waals surface area contributed by atoms with Crippen molar-refractivity contribution in [3.63, 3.8) is 0 Å². The van der Waals surface area contributed by atoms with Crippen LogP contribution in [0, 0.1) is 5.92 Å². The highest BCUT2D eigenvalue weighted by atomic mass is 79.9. The van der Waals surface area contributed by atoms with Crippen LogP contribution in [-0.2, 0) is 9.59 Å². The van der Waals surface area contributed by atoms with Crippen molar-refractivity contribution < 1.29 is 14.7 Å². The van der Waals surface area contributed by atoms with Gasteiger partial charge in [-0.3, -0.25) is 9.59 Å². The van der Waals surface area contributed by atoms with Gasteiger partial charge in [-0.15, -0.1) is 0 Å². The monoisotopic (exact) mass is 325 g/mol. The Balaban J connectivity index is 1.84. The molecule has 0 aliphatic heterocycles. The van der Waals surface area contributed by atoms with Crippen LogP contribution in [0.25, 0.3) is 0 Å². The molecular weight excluding hydrogens is 310 g/mol. The number of benzene rings is 1. The summed E-state index contributed by atoms with van der Waals surface area (Å²) in [5.41, 5.74) is 1.26. The van der Waals surface area contributed by atoms with Crippen LogP contribution in [0.15, 0.2) is 28.7 Å². The predicted molar refractivity (Wildman–Crippen MR) is 74.8 cm³/mol. The fourth-order valence-electron chi connectivity index (χ4n) is 2.21. The SMILES string of the molecule is CC(C(=O)O)C(=O)NC1CC(c2cccc(Br)c2)C1. The first kappa shape index (κ1) is 14.1. The Morgan fingerprint density at radius 2 is 2.11 bits per heavy atom. The Morgan fingerprint density at radius 3 is 2.68 bits per heavy atom. The second-order valence-electron chi connectivity index (χ2n) is 4.99. The molecule has 0 aromatic heterocycles. The summed E-state index contributed by atoms with van der Waals surface area (Å²) in [5, 5.41) is 11.5. The Morgan fingerprint density at radius 1 is 1.42 bits per heavy atom. The Bertz CT molecular complexity index is 497. The van der Waals surface area contributed by atoms with Gasteiger partial charge in [-0.05, 0) is 43.4 Å². The molecule has 5 heteroatoms. The summed E-state index contributed by atoms with van der Waals surface area (Å²) in [6.45, 7) is 1.40. The van der Waals surface area contributed by atoms with E-state index in [2.05, 4.69) is 33.4 Å². The maximum atomic E-state index is 11.6. The standard InChI is InChI=1S/C14H16BrNO3/c1-8(14(18)19)13(17)16-12-6-10(7-12)9-3-2-4-11(15)5-9/h2-5,8,10,12H,6-7H2,1H3,(H,16,17)(H,18,19). The second-order valence-corrected chi connectivity index (χ2v) is 5.90. The molecule has 1 amide bonds. The Labute approximate surface area is 120 Å². The van der Waals surface area contributed by atoms with Crippen LogP contribution in [0.4, 0.5) is 0 Å². The van der Waals surface area contributed by atoms with Crippen LogP contribution in [0.2, 0.25) is 0 Å². The van der Waals surface area contributed by atoms with E-state index in [1.54, 1.807) is 0 Å². The summed E-state index contributed by atoms with van der Waals surface area (Å²) < 4.78 is 1.05. The van der Waals surface area contributed by atoms with E-state index in [1.165, 1.54) is 12.5 Å². The minimum absolute atomic E-state index is 0.0956. The third-order valence-corrected chi connectivity index (χ3v) is 4.06. The highest BCUT2D eigenvalue weighted by Crippen LogP contribution is 2.37. The number of carbonyl (C=O) groups is 2. The number of hydrogen-bond donors (Lipinski definition) is 2. The zero-order valence-corrected chi connectivity index (χ0v) is 12.2. The van der Waals surface area contributed by atoms with Crippen molar-refractivity contribution in [2.75, 3.05) is 0 Å². The van der Waals surface area contributed by atoms with E-state index < -0.39 is 17.8 Å². The van der Waals surface area contributed by atoms with Gasteiger partial charge in [0.1, 0.15) is 5.92 Å². The van der Waals surface area contributed by atoms with Crippen LogP contribution < -0.4 is 5.32 Å². The highest BCUT2D eigenvalue weighted by Gasteiger charge is 2.33. The zero-order valence-electron chi connectivity index (χ0n) is 10.6. The topological polar surface area (TPSA) is 66.4 Å². The fraction of sp³-hybridized carbons (Fsp3) is 0.429. The third-order valence-electron chi connectivity index (χ3n) is 3.57. The molecule has 4 nitrogen and oxygen atoms in total. The number of hydrogen-bond acceptors (Lipinski definition) is 2. The van der Waals surface area contributed by atoms with Gasteiger partial charge in [0, 0.05) is 10.5 Å². The smallest absolute Gasteiger partial charge is 0.315 e. The van der Waals surface area contributed by atoms with E-state index in [0.29, 0.717) is 5.92 Å². The largest absolute Gasteiger partial charge is 0.481 e. The quantitative estimate of drug-likeness (QED) is 0.836. The third kappa shape index (κ3) is 3.35. The van der Waals surface area contributed by atoms with Gasteiger partial charge in [0.25, 0.3) is 0 Å². The summed E-state index contributed by atoms with van der Waals surface area (Å²) in [7, 11) is 0. The first-order chi connectivity index (χ1) is 8.97. The average molecular weight is 326 g/mol. The normalized spacial score (nSPS) is 23.3. The molecule has 2 rings (SSSR count).